The number of thioether (sulfide) groups is 1. The number of ether oxygens (including phenoxy) is 2. The van der Waals surface area contributed by atoms with Crippen molar-refractivity contribution in [2.75, 3.05) is 26.0 Å². The largest absolute Gasteiger partial charge is 0.490 e. The summed E-state index contributed by atoms with van der Waals surface area (Å²) in [4.78, 5) is 19.9. The number of hydrogen-bond acceptors (Lipinski definition) is 10. The number of carbonyl (C=O) groups excluding carboxylic acids is 1. The van der Waals surface area contributed by atoms with Crippen molar-refractivity contribution in [1.82, 2.24) is 9.88 Å². The average molecular weight is 713 g/mol. The number of nitrogens with zero attached hydrogens (tertiary/aromatic N) is 2. The van der Waals surface area contributed by atoms with Gasteiger partial charge in [0, 0.05) is 59.2 Å². The van der Waals surface area contributed by atoms with Gasteiger partial charge >= 0.3 is 0 Å². The van der Waals surface area contributed by atoms with Gasteiger partial charge < -0.3 is 39.9 Å². The molecule has 3 aromatic rings. The van der Waals surface area contributed by atoms with E-state index in [9.17, 15) is 25.2 Å². The SMILES string of the molecule is CN(C[C@H](O)[C@@H](O)[C@H](O)[C@H](O)CO)C(=O)CC1(CSc2ccc(Cl)c(COC3(c4cnccc4-c4ccccc4OC4CC4)CC3)c2)CC1. The van der Waals surface area contributed by atoms with E-state index >= 15 is 0 Å². The van der Waals surface area contributed by atoms with E-state index in [1.54, 1.807) is 11.8 Å². The van der Waals surface area contributed by atoms with Gasteiger partial charge in [0.05, 0.1) is 24.9 Å². The maximum absolute atomic E-state index is 13.0. The van der Waals surface area contributed by atoms with Crippen LogP contribution in [0.1, 0.15) is 56.1 Å². The van der Waals surface area contributed by atoms with E-state index in [1.807, 2.05) is 48.8 Å². The Hall–Kier alpha value is -2.74. The van der Waals surface area contributed by atoms with Crippen molar-refractivity contribution >= 4 is 29.3 Å². The summed E-state index contributed by atoms with van der Waals surface area (Å²) in [6, 6.07) is 16.1. The Morgan fingerprint density at radius 2 is 1.76 bits per heavy atom. The predicted molar refractivity (Wildman–Crippen MR) is 186 cm³/mol. The maximum Gasteiger partial charge on any atom is 0.222 e. The lowest BCUT2D eigenvalue weighted by Crippen LogP contribution is -2.50. The van der Waals surface area contributed by atoms with Crippen LogP contribution in [0.4, 0.5) is 0 Å². The summed E-state index contributed by atoms with van der Waals surface area (Å²) in [6.07, 6.45) is 3.51. The molecule has 3 fully saturated rings. The van der Waals surface area contributed by atoms with Crippen LogP contribution in [0.2, 0.25) is 5.02 Å². The van der Waals surface area contributed by atoms with Crippen molar-refractivity contribution in [1.29, 1.82) is 0 Å². The van der Waals surface area contributed by atoms with Crippen LogP contribution in [0.25, 0.3) is 11.1 Å². The lowest BCUT2D eigenvalue weighted by Gasteiger charge is -2.29. The number of carbonyl (C=O) groups is 1. The third-order valence-corrected chi connectivity index (χ3v) is 11.5. The Labute approximate surface area is 296 Å². The van der Waals surface area contributed by atoms with E-state index in [2.05, 4.69) is 17.1 Å². The number of aliphatic hydroxyl groups excluding tert-OH is 5. The summed E-state index contributed by atoms with van der Waals surface area (Å²) in [7, 11) is 1.53. The highest BCUT2D eigenvalue weighted by molar-refractivity contribution is 7.99. The Balaban J connectivity index is 1.05. The molecule has 0 spiro atoms. The highest BCUT2D eigenvalue weighted by Gasteiger charge is 2.48. The molecule has 49 heavy (non-hydrogen) atoms. The summed E-state index contributed by atoms with van der Waals surface area (Å²) in [5.41, 5.74) is 3.43. The molecule has 264 valence electrons. The summed E-state index contributed by atoms with van der Waals surface area (Å²) in [5.74, 6) is 1.43. The smallest absolute Gasteiger partial charge is 0.222 e. The molecule has 2 aromatic carbocycles. The standard InChI is InChI=1S/C37H45ClN2O8S/c1-40(19-30(42)34(45)35(46)31(43)20-41)33(44)17-36(11-12-36)22-49-25-8-9-29(38)23(16-25)21-47-37(13-14-37)28-18-39-15-10-26(28)27-4-2-3-5-32(27)48-24-6-7-24/h2-5,8-10,15-16,18,24,30-31,34-35,41-43,45-46H,6-7,11-14,17,19-22H2,1H3/t30-,31+,34+,35+/m0/s1. The van der Waals surface area contributed by atoms with E-state index in [-0.39, 0.29) is 30.4 Å². The lowest BCUT2D eigenvalue weighted by molar-refractivity contribution is -0.138. The minimum Gasteiger partial charge on any atom is -0.490 e. The fourth-order valence-corrected chi connectivity index (χ4v) is 7.44. The van der Waals surface area contributed by atoms with Crippen molar-refractivity contribution in [3.05, 3.63) is 77.1 Å². The number of benzene rings is 2. The van der Waals surface area contributed by atoms with E-state index in [1.165, 1.54) is 11.9 Å². The van der Waals surface area contributed by atoms with Gasteiger partial charge in [-0.25, -0.2) is 0 Å². The molecule has 0 bridgehead atoms. The van der Waals surface area contributed by atoms with Gasteiger partial charge in [0.25, 0.3) is 0 Å². The number of aromatic nitrogens is 1. The van der Waals surface area contributed by atoms with Crippen LogP contribution in [0.15, 0.2) is 65.8 Å². The summed E-state index contributed by atoms with van der Waals surface area (Å²) >= 11 is 8.33. The normalized spacial score (nSPS) is 19.8. The van der Waals surface area contributed by atoms with Crippen molar-refractivity contribution in [3.8, 4) is 16.9 Å². The van der Waals surface area contributed by atoms with Gasteiger partial charge in [-0.05, 0) is 85.4 Å². The number of amides is 1. The molecule has 12 heteroatoms. The zero-order valence-corrected chi connectivity index (χ0v) is 29.2. The highest BCUT2D eigenvalue weighted by atomic mass is 35.5. The molecule has 4 atom stereocenters. The van der Waals surface area contributed by atoms with Gasteiger partial charge in [-0.3, -0.25) is 9.78 Å². The predicted octanol–water partition coefficient (Wildman–Crippen LogP) is 4.31. The van der Waals surface area contributed by atoms with Gasteiger partial charge in [-0.15, -0.1) is 11.8 Å². The molecule has 1 amide bonds. The van der Waals surface area contributed by atoms with Crippen molar-refractivity contribution in [2.24, 2.45) is 5.41 Å². The number of aliphatic hydroxyl groups is 5. The molecule has 0 radical (unpaired) electrons. The minimum atomic E-state index is -1.74. The quantitative estimate of drug-likeness (QED) is 0.121. The first-order valence-electron chi connectivity index (χ1n) is 16.9. The summed E-state index contributed by atoms with van der Waals surface area (Å²) in [6.45, 7) is -0.642. The molecular weight excluding hydrogens is 668 g/mol. The number of likely N-dealkylation sites (N-methyl/N-ethyl adjacent to an activating group) is 1. The van der Waals surface area contributed by atoms with Gasteiger partial charge in [0.1, 0.15) is 30.2 Å². The first-order chi connectivity index (χ1) is 23.5. The van der Waals surface area contributed by atoms with Crippen LogP contribution < -0.4 is 4.74 Å². The van der Waals surface area contributed by atoms with Crippen LogP contribution in [0.3, 0.4) is 0 Å². The molecule has 3 aliphatic carbocycles. The zero-order valence-electron chi connectivity index (χ0n) is 27.6. The third-order valence-electron chi connectivity index (χ3n) is 9.77. The Kier molecular flexibility index (Phi) is 11.2. The lowest BCUT2D eigenvalue weighted by atomic mass is 9.96. The second-order valence-electron chi connectivity index (χ2n) is 13.8. The van der Waals surface area contributed by atoms with Crippen LogP contribution in [0.5, 0.6) is 5.75 Å². The highest BCUT2D eigenvalue weighted by Crippen LogP contribution is 2.54. The molecule has 3 aliphatic rings. The molecule has 1 aromatic heterocycles. The molecule has 0 saturated heterocycles. The Morgan fingerprint density at radius 1 is 1.02 bits per heavy atom. The minimum absolute atomic E-state index is 0.170. The van der Waals surface area contributed by atoms with Crippen LogP contribution in [0, 0.1) is 5.41 Å². The van der Waals surface area contributed by atoms with Gasteiger partial charge in [0.15, 0.2) is 0 Å². The Bertz CT molecular complexity index is 1610. The number of rotatable bonds is 18. The van der Waals surface area contributed by atoms with Crippen LogP contribution in [-0.4, -0.2) is 97.8 Å². The van der Waals surface area contributed by atoms with Crippen LogP contribution >= 0.6 is 23.4 Å². The summed E-state index contributed by atoms with van der Waals surface area (Å²) in [5, 5.41) is 49.5. The fourth-order valence-electron chi connectivity index (χ4n) is 6.02. The molecule has 1 heterocycles. The molecular formula is C37H45ClN2O8S. The molecule has 0 unspecified atom stereocenters. The van der Waals surface area contributed by atoms with Crippen molar-refractivity contribution < 1.29 is 39.8 Å². The second kappa shape index (κ2) is 15.2. The van der Waals surface area contributed by atoms with Crippen LogP contribution in [-0.2, 0) is 21.7 Å². The van der Waals surface area contributed by atoms with E-state index in [0.29, 0.717) is 11.6 Å². The topological polar surface area (TPSA) is 153 Å². The van der Waals surface area contributed by atoms with Crippen molar-refractivity contribution in [3.63, 3.8) is 0 Å². The number of hydrogen-bond donors (Lipinski definition) is 5. The average Bonchev–Trinajstić information content (AvgIpc) is 3.99. The van der Waals surface area contributed by atoms with Crippen molar-refractivity contribution in [2.45, 2.75) is 92.6 Å². The third kappa shape index (κ3) is 8.77. The molecule has 0 aliphatic heterocycles. The molecule has 10 nitrogen and oxygen atoms in total. The first-order valence-corrected chi connectivity index (χ1v) is 18.2. The van der Waals surface area contributed by atoms with Gasteiger partial charge in [-0.2, -0.15) is 0 Å². The van der Waals surface area contributed by atoms with Gasteiger partial charge in [0.2, 0.25) is 5.91 Å². The summed E-state index contributed by atoms with van der Waals surface area (Å²) < 4.78 is 12.9. The van der Waals surface area contributed by atoms with Gasteiger partial charge in [-0.1, -0.05) is 29.8 Å². The first kappa shape index (κ1) is 36.1. The molecule has 5 N–H and O–H groups in total. The Morgan fingerprint density at radius 3 is 2.45 bits per heavy atom. The number of pyridine rings is 1. The number of para-hydroxylation sites is 1. The van der Waals surface area contributed by atoms with E-state index in [0.717, 1.165) is 77.2 Å². The van der Waals surface area contributed by atoms with E-state index in [4.69, 9.17) is 26.2 Å². The molecule has 3 saturated carbocycles. The molecule has 6 rings (SSSR count). The zero-order chi connectivity index (χ0) is 34.8. The number of halogens is 1. The van der Waals surface area contributed by atoms with E-state index < -0.39 is 36.6 Å². The fraction of sp³-hybridized carbons (Fsp3) is 0.514. The monoisotopic (exact) mass is 712 g/mol. The maximum atomic E-state index is 13.0. The second-order valence-corrected chi connectivity index (χ2v) is 15.3.